The van der Waals surface area contributed by atoms with Crippen molar-refractivity contribution in [3.63, 3.8) is 0 Å². The zero-order valence-corrected chi connectivity index (χ0v) is 14.8. The van der Waals surface area contributed by atoms with Crippen LogP contribution in [0.15, 0.2) is 78.9 Å². The average molecular weight is 347 g/mol. The minimum absolute atomic E-state index is 0.496. The summed E-state index contributed by atoms with van der Waals surface area (Å²) < 4.78 is 5.33. The van der Waals surface area contributed by atoms with Crippen LogP contribution in [-0.2, 0) is 10.4 Å². The minimum atomic E-state index is -1.82. The second-order valence-electron chi connectivity index (χ2n) is 6.10. The van der Waals surface area contributed by atoms with Gasteiger partial charge in [0.1, 0.15) is 5.75 Å². The van der Waals surface area contributed by atoms with Crippen LogP contribution < -0.4 is 10.1 Å². The standard InChI is InChI=1S/C22H21NO3/c1-16-13-14-20(26-2)19(15-16)23-21(24)22(25,17-9-5-3-6-10-17)18-11-7-4-8-12-18/h3-15,25H,1-2H3,(H,23,24). The molecule has 1 amide bonds. The van der Waals surface area contributed by atoms with Gasteiger partial charge in [-0.1, -0.05) is 66.7 Å². The highest BCUT2D eigenvalue weighted by atomic mass is 16.5. The number of hydrogen-bond donors (Lipinski definition) is 2. The van der Waals surface area contributed by atoms with Crippen molar-refractivity contribution in [2.24, 2.45) is 0 Å². The summed E-state index contributed by atoms with van der Waals surface area (Å²) in [5, 5.41) is 14.3. The molecule has 4 heteroatoms. The summed E-state index contributed by atoms with van der Waals surface area (Å²) in [7, 11) is 1.54. The predicted octanol–water partition coefficient (Wildman–Crippen LogP) is 3.88. The fourth-order valence-corrected chi connectivity index (χ4v) is 2.92. The summed E-state index contributed by atoms with van der Waals surface area (Å²) in [6.07, 6.45) is 0. The number of anilines is 1. The number of methoxy groups -OCH3 is 1. The highest BCUT2D eigenvalue weighted by Gasteiger charge is 2.40. The van der Waals surface area contributed by atoms with Crippen molar-refractivity contribution in [2.45, 2.75) is 12.5 Å². The number of carbonyl (C=O) groups is 1. The first-order valence-corrected chi connectivity index (χ1v) is 8.35. The van der Waals surface area contributed by atoms with Gasteiger partial charge in [0.05, 0.1) is 12.8 Å². The SMILES string of the molecule is COc1ccc(C)cc1NC(=O)C(O)(c1ccccc1)c1ccccc1. The van der Waals surface area contributed by atoms with Crippen LogP contribution in [0.4, 0.5) is 5.69 Å². The fourth-order valence-electron chi connectivity index (χ4n) is 2.92. The van der Waals surface area contributed by atoms with Crippen LogP contribution in [-0.4, -0.2) is 18.1 Å². The Hall–Kier alpha value is -3.11. The van der Waals surface area contributed by atoms with Gasteiger partial charge in [-0.05, 0) is 35.7 Å². The molecule has 4 nitrogen and oxygen atoms in total. The van der Waals surface area contributed by atoms with Crippen LogP contribution in [0.2, 0.25) is 0 Å². The maximum atomic E-state index is 13.2. The number of ether oxygens (including phenoxy) is 1. The van der Waals surface area contributed by atoms with Gasteiger partial charge in [-0.15, -0.1) is 0 Å². The van der Waals surface area contributed by atoms with E-state index in [0.29, 0.717) is 22.6 Å². The maximum Gasteiger partial charge on any atom is 0.265 e. The average Bonchev–Trinajstić information content (AvgIpc) is 2.69. The quantitative estimate of drug-likeness (QED) is 0.736. The second-order valence-corrected chi connectivity index (χ2v) is 6.10. The molecule has 3 rings (SSSR count). The van der Waals surface area contributed by atoms with Gasteiger partial charge in [-0.3, -0.25) is 4.79 Å². The van der Waals surface area contributed by atoms with Crippen molar-refractivity contribution >= 4 is 11.6 Å². The molecule has 132 valence electrons. The number of nitrogens with one attached hydrogen (secondary N) is 1. The summed E-state index contributed by atoms with van der Waals surface area (Å²) in [6, 6.07) is 23.3. The largest absolute Gasteiger partial charge is 0.495 e. The van der Waals surface area contributed by atoms with Crippen molar-refractivity contribution in [3.05, 3.63) is 95.6 Å². The van der Waals surface area contributed by atoms with Gasteiger partial charge in [-0.25, -0.2) is 0 Å². The normalized spacial score (nSPS) is 11.0. The molecule has 0 aliphatic rings. The van der Waals surface area contributed by atoms with Gasteiger partial charge in [-0.2, -0.15) is 0 Å². The van der Waals surface area contributed by atoms with Gasteiger partial charge in [0.25, 0.3) is 5.91 Å². The molecule has 0 aromatic heterocycles. The molecular weight excluding hydrogens is 326 g/mol. The molecule has 0 saturated heterocycles. The Labute approximate surface area is 153 Å². The number of benzene rings is 3. The van der Waals surface area contributed by atoms with E-state index in [1.54, 1.807) is 61.7 Å². The van der Waals surface area contributed by atoms with Crippen LogP contribution in [0.1, 0.15) is 16.7 Å². The van der Waals surface area contributed by atoms with Gasteiger partial charge in [0.15, 0.2) is 5.60 Å². The lowest BCUT2D eigenvalue weighted by atomic mass is 9.85. The molecule has 0 atom stereocenters. The van der Waals surface area contributed by atoms with Gasteiger partial charge >= 0.3 is 0 Å². The van der Waals surface area contributed by atoms with Gasteiger partial charge in [0, 0.05) is 0 Å². The molecule has 0 aliphatic carbocycles. The van der Waals surface area contributed by atoms with Crippen molar-refractivity contribution in [2.75, 3.05) is 12.4 Å². The monoisotopic (exact) mass is 347 g/mol. The lowest BCUT2D eigenvalue weighted by Crippen LogP contribution is -2.41. The van der Waals surface area contributed by atoms with Gasteiger partial charge in [0.2, 0.25) is 0 Å². The van der Waals surface area contributed by atoms with Crippen LogP contribution in [0.5, 0.6) is 5.75 Å². The third kappa shape index (κ3) is 3.32. The van der Waals surface area contributed by atoms with E-state index in [1.807, 2.05) is 31.2 Å². The summed E-state index contributed by atoms with van der Waals surface area (Å²) in [5.41, 5.74) is 0.662. The molecule has 0 bridgehead atoms. The number of carbonyl (C=O) groups excluding carboxylic acids is 1. The lowest BCUT2D eigenvalue weighted by Gasteiger charge is -2.28. The van der Waals surface area contributed by atoms with Crippen LogP contribution in [0.25, 0.3) is 0 Å². The van der Waals surface area contributed by atoms with Crippen molar-refractivity contribution in [1.82, 2.24) is 0 Å². The number of rotatable bonds is 5. The zero-order chi connectivity index (χ0) is 18.6. The molecule has 0 heterocycles. The Balaban J connectivity index is 2.06. The lowest BCUT2D eigenvalue weighted by molar-refractivity contribution is -0.131. The highest BCUT2D eigenvalue weighted by molar-refractivity contribution is 6.01. The Bertz CT molecular complexity index is 852. The van der Waals surface area contributed by atoms with Gasteiger partial charge < -0.3 is 15.2 Å². The molecular formula is C22H21NO3. The molecule has 3 aromatic carbocycles. The second kappa shape index (κ2) is 7.42. The summed E-state index contributed by atoms with van der Waals surface area (Å²) in [5.74, 6) is -0.00813. The van der Waals surface area contributed by atoms with Crippen molar-refractivity contribution < 1.29 is 14.6 Å². The molecule has 0 unspecified atom stereocenters. The van der Waals surface area contributed by atoms with E-state index in [4.69, 9.17) is 4.74 Å². The van der Waals surface area contributed by atoms with Crippen LogP contribution in [0, 0.1) is 6.92 Å². The summed E-state index contributed by atoms with van der Waals surface area (Å²) in [4.78, 5) is 13.2. The molecule has 2 N–H and O–H groups in total. The Morgan fingerprint density at radius 1 is 0.923 bits per heavy atom. The van der Waals surface area contributed by atoms with Crippen molar-refractivity contribution in [3.8, 4) is 5.75 Å². The molecule has 0 spiro atoms. The number of amides is 1. The Kier molecular flexibility index (Phi) is 5.05. The summed E-state index contributed by atoms with van der Waals surface area (Å²) >= 11 is 0. The third-order valence-electron chi connectivity index (χ3n) is 4.31. The molecule has 0 aliphatic heterocycles. The first kappa shape index (κ1) is 17.7. The first-order chi connectivity index (χ1) is 12.6. The zero-order valence-electron chi connectivity index (χ0n) is 14.8. The van der Waals surface area contributed by atoms with E-state index in [9.17, 15) is 9.90 Å². The molecule has 0 saturated carbocycles. The van der Waals surface area contributed by atoms with Crippen LogP contribution in [0.3, 0.4) is 0 Å². The van der Waals surface area contributed by atoms with E-state index in [2.05, 4.69) is 5.32 Å². The van der Waals surface area contributed by atoms with Crippen molar-refractivity contribution in [1.29, 1.82) is 0 Å². The van der Waals surface area contributed by atoms with E-state index >= 15 is 0 Å². The Morgan fingerprint density at radius 2 is 1.46 bits per heavy atom. The molecule has 0 fully saturated rings. The van der Waals surface area contributed by atoms with E-state index in [-0.39, 0.29) is 0 Å². The Morgan fingerprint density at radius 3 is 1.96 bits per heavy atom. The van der Waals surface area contributed by atoms with Crippen LogP contribution >= 0.6 is 0 Å². The van der Waals surface area contributed by atoms with E-state index in [1.165, 1.54) is 0 Å². The highest BCUT2D eigenvalue weighted by Crippen LogP contribution is 2.33. The number of hydrogen-bond acceptors (Lipinski definition) is 3. The topological polar surface area (TPSA) is 58.6 Å². The molecule has 0 radical (unpaired) electrons. The maximum absolute atomic E-state index is 13.2. The summed E-state index contributed by atoms with van der Waals surface area (Å²) in [6.45, 7) is 1.93. The van der Waals surface area contributed by atoms with E-state index in [0.717, 1.165) is 5.56 Å². The smallest absolute Gasteiger partial charge is 0.265 e. The van der Waals surface area contributed by atoms with E-state index < -0.39 is 11.5 Å². The fraction of sp³-hybridized carbons (Fsp3) is 0.136. The third-order valence-corrected chi connectivity index (χ3v) is 4.31. The number of aliphatic hydroxyl groups is 1. The minimum Gasteiger partial charge on any atom is -0.495 e. The first-order valence-electron chi connectivity index (χ1n) is 8.35. The number of aryl methyl sites for hydroxylation is 1. The molecule has 3 aromatic rings. The molecule has 26 heavy (non-hydrogen) atoms. The predicted molar refractivity (Wildman–Crippen MR) is 102 cm³/mol.